The number of halogens is 1. The fourth-order valence-corrected chi connectivity index (χ4v) is 3.89. The molecule has 0 unspecified atom stereocenters. The first kappa shape index (κ1) is 24.3. The topological polar surface area (TPSA) is 95.5 Å². The van der Waals surface area contributed by atoms with Gasteiger partial charge in [0.15, 0.2) is 5.96 Å². The Balaban J connectivity index is 0.00000392. The Kier molecular flexibility index (Phi) is 10.4. The maximum atomic E-state index is 12.0. The van der Waals surface area contributed by atoms with E-state index in [1.807, 2.05) is 42.5 Å². The number of hydrogen-bond acceptors (Lipinski definition) is 4. The van der Waals surface area contributed by atoms with Gasteiger partial charge < -0.3 is 10.6 Å². The average Bonchev–Trinajstić information content (AvgIpc) is 2.62. The predicted molar refractivity (Wildman–Crippen MR) is 124 cm³/mol. The highest BCUT2D eigenvalue weighted by atomic mass is 127. The fourth-order valence-electron chi connectivity index (χ4n) is 2.46. The summed E-state index contributed by atoms with van der Waals surface area (Å²) in [7, 11) is -1.60. The number of aliphatic imine (C=N–C) groups is 1. The molecular formula is C19H28IN5O2S. The van der Waals surface area contributed by atoms with Crippen LogP contribution in [0.25, 0.3) is 0 Å². The van der Waals surface area contributed by atoms with Crippen LogP contribution < -0.4 is 15.4 Å². The standard InChI is InChI=1S/C19H27N5O2S.HI/c1-15(2)24-27(25,26)14-17-9-7-16(8-10-17)12-22-19(20-3)23-13-18-6-4-5-11-21-18;/h4-11,15,24H,12-14H2,1-3H3,(H2,20,22,23);1H. The van der Waals surface area contributed by atoms with Crippen molar-refractivity contribution in [3.8, 4) is 0 Å². The van der Waals surface area contributed by atoms with Gasteiger partial charge in [0, 0.05) is 25.8 Å². The molecule has 28 heavy (non-hydrogen) atoms. The maximum Gasteiger partial charge on any atom is 0.216 e. The van der Waals surface area contributed by atoms with Crippen LogP contribution in [0.2, 0.25) is 0 Å². The Morgan fingerprint density at radius 1 is 1.04 bits per heavy atom. The van der Waals surface area contributed by atoms with Crippen molar-refractivity contribution in [2.45, 2.75) is 38.7 Å². The van der Waals surface area contributed by atoms with Crippen LogP contribution >= 0.6 is 24.0 Å². The molecule has 0 radical (unpaired) electrons. The van der Waals surface area contributed by atoms with Gasteiger partial charge in [0.25, 0.3) is 0 Å². The lowest BCUT2D eigenvalue weighted by atomic mass is 10.1. The molecule has 0 bridgehead atoms. The van der Waals surface area contributed by atoms with Crippen LogP contribution in [-0.4, -0.2) is 32.5 Å². The Morgan fingerprint density at radius 2 is 1.68 bits per heavy atom. The number of guanidine groups is 1. The average molecular weight is 517 g/mol. The normalized spacial score (nSPS) is 11.8. The van der Waals surface area contributed by atoms with E-state index in [0.29, 0.717) is 19.0 Å². The zero-order valence-corrected chi connectivity index (χ0v) is 19.5. The first-order valence-electron chi connectivity index (χ1n) is 8.80. The number of rotatable bonds is 8. The van der Waals surface area contributed by atoms with Gasteiger partial charge in [0.2, 0.25) is 10.0 Å². The van der Waals surface area contributed by atoms with E-state index in [1.165, 1.54) is 0 Å². The molecule has 0 fully saturated rings. The molecule has 0 saturated carbocycles. The van der Waals surface area contributed by atoms with Gasteiger partial charge in [-0.15, -0.1) is 24.0 Å². The zero-order valence-electron chi connectivity index (χ0n) is 16.3. The molecule has 1 aromatic heterocycles. The summed E-state index contributed by atoms with van der Waals surface area (Å²) in [5.74, 6) is 0.653. The van der Waals surface area contributed by atoms with Crippen LogP contribution in [0.15, 0.2) is 53.7 Å². The SMILES string of the molecule is CN=C(NCc1ccc(CS(=O)(=O)NC(C)C)cc1)NCc1ccccn1.I. The maximum absolute atomic E-state index is 12.0. The fraction of sp³-hybridized carbons (Fsp3) is 0.368. The minimum Gasteiger partial charge on any atom is -0.352 e. The molecule has 0 saturated heterocycles. The summed E-state index contributed by atoms with van der Waals surface area (Å²) >= 11 is 0. The lowest BCUT2D eigenvalue weighted by Gasteiger charge is -2.12. The van der Waals surface area contributed by atoms with Gasteiger partial charge in [0.1, 0.15) is 0 Å². The molecule has 0 aliphatic rings. The number of nitrogens with zero attached hydrogens (tertiary/aromatic N) is 2. The number of aromatic nitrogens is 1. The lowest BCUT2D eigenvalue weighted by molar-refractivity contribution is 0.569. The summed E-state index contributed by atoms with van der Waals surface area (Å²) in [4.78, 5) is 8.45. The van der Waals surface area contributed by atoms with E-state index in [2.05, 4.69) is 25.3 Å². The first-order chi connectivity index (χ1) is 12.9. The van der Waals surface area contributed by atoms with Crippen molar-refractivity contribution in [1.29, 1.82) is 0 Å². The van der Waals surface area contributed by atoms with Crippen molar-refractivity contribution in [2.75, 3.05) is 7.05 Å². The van der Waals surface area contributed by atoms with E-state index < -0.39 is 10.0 Å². The van der Waals surface area contributed by atoms with Crippen molar-refractivity contribution < 1.29 is 8.42 Å². The van der Waals surface area contributed by atoms with E-state index in [9.17, 15) is 8.42 Å². The Hall–Kier alpha value is -1.72. The summed E-state index contributed by atoms with van der Waals surface area (Å²) in [5, 5.41) is 6.44. The second kappa shape index (κ2) is 12.0. The quantitative estimate of drug-likeness (QED) is 0.284. The summed E-state index contributed by atoms with van der Waals surface area (Å²) in [6.45, 7) is 4.78. The third-order valence-corrected chi connectivity index (χ3v) is 5.19. The molecule has 0 aliphatic heterocycles. The molecule has 0 aliphatic carbocycles. The number of pyridine rings is 1. The molecular weight excluding hydrogens is 489 g/mol. The van der Waals surface area contributed by atoms with Crippen molar-refractivity contribution in [3.05, 3.63) is 65.5 Å². The number of sulfonamides is 1. The first-order valence-corrected chi connectivity index (χ1v) is 10.5. The Morgan fingerprint density at radius 3 is 2.25 bits per heavy atom. The number of benzene rings is 1. The van der Waals surface area contributed by atoms with Gasteiger partial charge in [-0.2, -0.15) is 0 Å². The molecule has 7 nitrogen and oxygen atoms in total. The summed E-state index contributed by atoms with van der Waals surface area (Å²) in [5.41, 5.74) is 2.72. The smallest absolute Gasteiger partial charge is 0.216 e. The minimum absolute atomic E-state index is 0. The predicted octanol–water partition coefficient (Wildman–Crippen LogP) is 2.39. The highest BCUT2D eigenvalue weighted by Crippen LogP contribution is 2.08. The van der Waals surface area contributed by atoms with Gasteiger partial charge in [-0.3, -0.25) is 9.98 Å². The van der Waals surface area contributed by atoms with Crippen LogP contribution in [0.5, 0.6) is 0 Å². The summed E-state index contributed by atoms with van der Waals surface area (Å²) < 4.78 is 26.6. The molecule has 2 aromatic rings. The highest BCUT2D eigenvalue weighted by Gasteiger charge is 2.12. The third kappa shape index (κ3) is 8.98. The molecule has 1 aromatic carbocycles. The van der Waals surface area contributed by atoms with Gasteiger partial charge in [0.05, 0.1) is 18.0 Å². The van der Waals surface area contributed by atoms with Gasteiger partial charge in [-0.25, -0.2) is 13.1 Å². The number of hydrogen-bond donors (Lipinski definition) is 3. The van der Waals surface area contributed by atoms with Gasteiger partial charge in [-0.05, 0) is 37.1 Å². The van der Waals surface area contributed by atoms with E-state index in [0.717, 1.165) is 16.8 Å². The van der Waals surface area contributed by atoms with E-state index in [1.54, 1.807) is 27.1 Å². The largest absolute Gasteiger partial charge is 0.352 e. The molecule has 154 valence electrons. The molecule has 3 N–H and O–H groups in total. The summed E-state index contributed by atoms with van der Waals surface area (Å²) in [6.07, 6.45) is 1.76. The minimum atomic E-state index is -3.31. The molecule has 2 rings (SSSR count). The molecule has 9 heteroatoms. The van der Waals surface area contributed by atoms with Crippen LogP contribution in [0.3, 0.4) is 0 Å². The molecule has 1 heterocycles. The van der Waals surface area contributed by atoms with Crippen LogP contribution in [0.1, 0.15) is 30.7 Å². The lowest BCUT2D eigenvalue weighted by Crippen LogP contribution is -2.36. The van der Waals surface area contributed by atoms with Gasteiger partial charge in [-0.1, -0.05) is 30.3 Å². The second-order valence-corrected chi connectivity index (χ2v) is 8.20. The molecule has 0 spiro atoms. The van der Waals surface area contributed by atoms with Crippen molar-refractivity contribution in [2.24, 2.45) is 4.99 Å². The van der Waals surface area contributed by atoms with Crippen LogP contribution in [-0.2, 0) is 28.9 Å². The Bertz CT molecular complexity index is 840. The van der Waals surface area contributed by atoms with Gasteiger partial charge >= 0.3 is 0 Å². The van der Waals surface area contributed by atoms with E-state index in [-0.39, 0.29) is 35.8 Å². The zero-order chi connectivity index (χ0) is 19.7. The number of nitrogens with one attached hydrogen (secondary N) is 3. The van der Waals surface area contributed by atoms with E-state index in [4.69, 9.17) is 0 Å². The van der Waals surface area contributed by atoms with Crippen molar-refractivity contribution in [1.82, 2.24) is 20.3 Å². The highest BCUT2D eigenvalue weighted by molar-refractivity contribution is 14.0. The third-order valence-electron chi connectivity index (χ3n) is 3.64. The second-order valence-electron chi connectivity index (χ2n) is 6.45. The molecule has 0 atom stereocenters. The van der Waals surface area contributed by atoms with Crippen molar-refractivity contribution >= 4 is 40.0 Å². The molecule has 0 amide bonds. The Labute approximate surface area is 184 Å². The van der Waals surface area contributed by atoms with Crippen molar-refractivity contribution in [3.63, 3.8) is 0 Å². The van der Waals surface area contributed by atoms with Crippen LogP contribution in [0, 0.1) is 0 Å². The summed E-state index contributed by atoms with van der Waals surface area (Å²) in [6, 6.07) is 13.2. The monoisotopic (exact) mass is 517 g/mol. The van der Waals surface area contributed by atoms with Crippen LogP contribution in [0.4, 0.5) is 0 Å². The van der Waals surface area contributed by atoms with E-state index >= 15 is 0 Å².